The maximum Gasteiger partial charge on any atom is 0.0469 e. The number of ether oxygens (including phenoxy) is 1. The van der Waals surface area contributed by atoms with E-state index in [0.29, 0.717) is 6.04 Å². The molecule has 0 spiro atoms. The van der Waals surface area contributed by atoms with Crippen molar-refractivity contribution in [3.05, 3.63) is 0 Å². The average molecular weight is 242 g/mol. The molecule has 102 valence electrons. The van der Waals surface area contributed by atoms with E-state index < -0.39 is 0 Å². The van der Waals surface area contributed by atoms with Crippen LogP contribution in [-0.4, -0.2) is 50.8 Å². The van der Waals surface area contributed by atoms with Gasteiger partial charge in [0.25, 0.3) is 0 Å². The fraction of sp³-hybridized carbons (Fsp3) is 1.00. The lowest BCUT2D eigenvalue weighted by Gasteiger charge is -2.27. The molecule has 0 aliphatic carbocycles. The van der Waals surface area contributed by atoms with Crippen LogP contribution in [0.5, 0.6) is 0 Å². The molecule has 1 heterocycles. The second-order valence-electron chi connectivity index (χ2n) is 5.63. The normalized spacial score (nSPS) is 18.2. The Balaban J connectivity index is 1.95. The van der Waals surface area contributed by atoms with Gasteiger partial charge in [-0.1, -0.05) is 13.8 Å². The molecule has 1 saturated heterocycles. The van der Waals surface area contributed by atoms with Crippen LogP contribution < -0.4 is 5.32 Å². The molecule has 17 heavy (non-hydrogen) atoms. The zero-order chi connectivity index (χ0) is 12.5. The first-order chi connectivity index (χ1) is 8.18. The Morgan fingerprint density at radius 3 is 2.59 bits per heavy atom. The standard InChI is InChI=1S/C14H30N2O/c1-13(2)15-8-4-5-9-16(3)12-14-6-10-17-11-7-14/h13-15H,4-12H2,1-3H3. The van der Waals surface area contributed by atoms with E-state index in [4.69, 9.17) is 4.74 Å². The fourth-order valence-electron chi connectivity index (χ4n) is 2.36. The zero-order valence-corrected chi connectivity index (χ0v) is 11.9. The molecule has 0 amide bonds. The minimum atomic E-state index is 0.620. The highest BCUT2D eigenvalue weighted by Crippen LogP contribution is 2.15. The van der Waals surface area contributed by atoms with Crippen molar-refractivity contribution < 1.29 is 4.74 Å². The van der Waals surface area contributed by atoms with Gasteiger partial charge in [0.05, 0.1) is 0 Å². The Labute approximate surface area is 107 Å². The van der Waals surface area contributed by atoms with Gasteiger partial charge in [-0.15, -0.1) is 0 Å². The molecule has 0 aromatic carbocycles. The summed E-state index contributed by atoms with van der Waals surface area (Å²) in [7, 11) is 2.26. The van der Waals surface area contributed by atoms with Crippen LogP contribution in [0.25, 0.3) is 0 Å². The third kappa shape index (κ3) is 7.74. The minimum Gasteiger partial charge on any atom is -0.381 e. The van der Waals surface area contributed by atoms with Gasteiger partial charge >= 0.3 is 0 Å². The second-order valence-corrected chi connectivity index (χ2v) is 5.63. The predicted molar refractivity (Wildman–Crippen MR) is 73.4 cm³/mol. The van der Waals surface area contributed by atoms with Crippen LogP contribution in [0.1, 0.15) is 39.5 Å². The third-order valence-corrected chi connectivity index (χ3v) is 3.43. The van der Waals surface area contributed by atoms with Crippen LogP contribution in [0.2, 0.25) is 0 Å². The molecule has 0 unspecified atom stereocenters. The summed E-state index contributed by atoms with van der Waals surface area (Å²) in [5.41, 5.74) is 0. The van der Waals surface area contributed by atoms with Crippen LogP contribution in [-0.2, 0) is 4.74 Å². The van der Waals surface area contributed by atoms with Gasteiger partial charge in [0.1, 0.15) is 0 Å². The van der Waals surface area contributed by atoms with E-state index in [1.165, 1.54) is 38.8 Å². The summed E-state index contributed by atoms with van der Waals surface area (Å²) in [5, 5.41) is 3.47. The van der Waals surface area contributed by atoms with Gasteiger partial charge in [-0.25, -0.2) is 0 Å². The lowest BCUT2D eigenvalue weighted by Crippen LogP contribution is -2.31. The summed E-state index contributed by atoms with van der Waals surface area (Å²) >= 11 is 0. The molecular weight excluding hydrogens is 212 g/mol. The highest BCUT2D eigenvalue weighted by molar-refractivity contribution is 4.67. The summed E-state index contributed by atoms with van der Waals surface area (Å²) in [6, 6.07) is 0.620. The molecule has 0 radical (unpaired) electrons. The molecule has 0 aromatic heterocycles. The number of rotatable bonds is 8. The number of hydrogen-bond acceptors (Lipinski definition) is 3. The van der Waals surface area contributed by atoms with Gasteiger partial charge in [0.2, 0.25) is 0 Å². The summed E-state index contributed by atoms with van der Waals surface area (Å²) in [4.78, 5) is 2.49. The van der Waals surface area contributed by atoms with E-state index in [0.717, 1.165) is 25.7 Å². The quantitative estimate of drug-likeness (QED) is 0.660. The second kappa shape index (κ2) is 8.90. The molecule has 1 N–H and O–H groups in total. The van der Waals surface area contributed by atoms with E-state index in [2.05, 4.69) is 31.1 Å². The highest BCUT2D eigenvalue weighted by Gasteiger charge is 2.15. The molecule has 0 aromatic rings. The predicted octanol–water partition coefficient (Wildman–Crippen LogP) is 2.12. The van der Waals surface area contributed by atoms with E-state index >= 15 is 0 Å². The molecule has 1 rings (SSSR count). The number of unbranched alkanes of at least 4 members (excludes halogenated alkanes) is 1. The zero-order valence-electron chi connectivity index (χ0n) is 11.9. The first-order valence-electron chi connectivity index (χ1n) is 7.18. The van der Waals surface area contributed by atoms with Crippen molar-refractivity contribution in [1.29, 1.82) is 0 Å². The van der Waals surface area contributed by atoms with Crippen molar-refractivity contribution in [1.82, 2.24) is 10.2 Å². The highest BCUT2D eigenvalue weighted by atomic mass is 16.5. The van der Waals surface area contributed by atoms with Crippen molar-refractivity contribution in [2.45, 2.75) is 45.6 Å². The summed E-state index contributed by atoms with van der Waals surface area (Å²) in [6.45, 7) is 9.99. The molecule has 1 aliphatic heterocycles. The first-order valence-corrected chi connectivity index (χ1v) is 7.18. The molecule has 0 atom stereocenters. The molecule has 0 saturated carbocycles. The van der Waals surface area contributed by atoms with Crippen LogP contribution in [0, 0.1) is 5.92 Å². The largest absolute Gasteiger partial charge is 0.381 e. The van der Waals surface area contributed by atoms with Crippen molar-refractivity contribution in [3.8, 4) is 0 Å². The van der Waals surface area contributed by atoms with Crippen LogP contribution in [0.3, 0.4) is 0 Å². The lowest BCUT2D eigenvalue weighted by molar-refractivity contribution is 0.0556. The van der Waals surface area contributed by atoms with Gasteiger partial charge in [-0.2, -0.15) is 0 Å². The fourth-order valence-corrected chi connectivity index (χ4v) is 2.36. The molecule has 0 bridgehead atoms. The number of nitrogens with zero attached hydrogens (tertiary/aromatic N) is 1. The van der Waals surface area contributed by atoms with E-state index in [-0.39, 0.29) is 0 Å². The summed E-state index contributed by atoms with van der Waals surface area (Å²) in [6.07, 6.45) is 5.09. The van der Waals surface area contributed by atoms with E-state index in [1.807, 2.05) is 0 Å². The first kappa shape index (κ1) is 14.9. The molecule has 3 heteroatoms. The molecule has 1 fully saturated rings. The monoisotopic (exact) mass is 242 g/mol. The smallest absolute Gasteiger partial charge is 0.0469 e. The Bertz CT molecular complexity index is 179. The van der Waals surface area contributed by atoms with Gasteiger partial charge in [-0.05, 0) is 51.7 Å². The summed E-state index contributed by atoms with van der Waals surface area (Å²) < 4.78 is 5.39. The molecule has 3 nitrogen and oxygen atoms in total. The maximum atomic E-state index is 5.39. The Kier molecular flexibility index (Phi) is 7.82. The van der Waals surface area contributed by atoms with Gasteiger partial charge in [0.15, 0.2) is 0 Å². The molecule has 1 aliphatic rings. The minimum absolute atomic E-state index is 0.620. The summed E-state index contributed by atoms with van der Waals surface area (Å²) in [5.74, 6) is 0.863. The number of nitrogens with one attached hydrogen (secondary N) is 1. The van der Waals surface area contributed by atoms with Crippen molar-refractivity contribution in [2.75, 3.05) is 39.9 Å². The van der Waals surface area contributed by atoms with Crippen molar-refractivity contribution in [2.24, 2.45) is 5.92 Å². The average Bonchev–Trinajstić information content (AvgIpc) is 2.29. The van der Waals surface area contributed by atoms with Crippen molar-refractivity contribution in [3.63, 3.8) is 0 Å². The Morgan fingerprint density at radius 1 is 1.24 bits per heavy atom. The SMILES string of the molecule is CC(C)NCCCCN(C)CC1CCOCC1. The van der Waals surface area contributed by atoms with Crippen LogP contribution in [0.15, 0.2) is 0 Å². The topological polar surface area (TPSA) is 24.5 Å². The van der Waals surface area contributed by atoms with Gasteiger partial charge < -0.3 is 15.0 Å². The Morgan fingerprint density at radius 2 is 1.94 bits per heavy atom. The number of hydrogen-bond donors (Lipinski definition) is 1. The maximum absolute atomic E-state index is 5.39. The van der Waals surface area contributed by atoms with Crippen molar-refractivity contribution >= 4 is 0 Å². The lowest BCUT2D eigenvalue weighted by atomic mass is 10.00. The van der Waals surface area contributed by atoms with E-state index in [9.17, 15) is 0 Å². The van der Waals surface area contributed by atoms with Gasteiger partial charge in [0, 0.05) is 25.8 Å². The van der Waals surface area contributed by atoms with Gasteiger partial charge in [-0.3, -0.25) is 0 Å². The van der Waals surface area contributed by atoms with Crippen LogP contribution >= 0.6 is 0 Å². The van der Waals surface area contributed by atoms with E-state index in [1.54, 1.807) is 0 Å². The van der Waals surface area contributed by atoms with Crippen LogP contribution in [0.4, 0.5) is 0 Å². The Hall–Kier alpha value is -0.120. The third-order valence-electron chi connectivity index (χ3n) is 3.43. The molecular formula is C14H30N2O.